The Balaban J connectivity index is 2.09. The number of carbonyl (C=O) groups excluding carboxylic acids is 1. The lowest BCUT2D eigenvalue weighted by molar-refractivity contribution is -0.186. The summed E-state index contributed by atoms with van der Waals surface area (Å²) in [4.78, 5) is 10.9. The summed E-state index contributed by atoms with van der Waals surface area (Å²) in [6.45, 7) is 5.85. The number of allylic oxidation sites excluding steroid dienone is 2. The van der Waals surface area contributed by atoms with Gasteiger partial charge in [-0.25, -0.2) is 0 Å². The number of carbonyl (C=O) groups is 1. The van der Waals surface area contributed by atoms with E-state index in [0.717, 1.165) is 6.42 Å². The van der Waals surface area contributed by atoms with Crippen LogP contribution in [-0.4, -0.2) is 12.1 Å². The highest BCUT2D eigenvalue weighted by Crippen LogP contribution is 2.57. The van der Waals surface area contributed by atoms with Crippen LogP contribution in [0.15, 0.2) is 12.2 Å². The Hall–Kier alpha value is -0.790. The molecule has 2 heteroatoms. The van der Waals surface area contributed by atoms with Crippen molar-refractivity contribution in [1.82, 2.24) is 0 Å². The van der Waals surface area contributed by atoms with Crippen LogP contribution in [0.5, 0.6) is 0 Å². The van der Waals surface area contributed by atoms with Crippen LogP contribution in [0.25, 0.3) is 0 Å². The van der Waals surface area contributed by atoms with Crippen LogP contribution in [0, 0.1) is 17.3 Å². The van der Waals surface area contributed by atoms with Crippen molar-refractivity contribution in [2.75, 3.05) is 0 Å². The third-order valence-corrected chi connectivity index (χ3v) is 3.49. The molecule has 2 nitrogen and oxygen atoms in total. The third kappa shape index (κ3) is 1.11. The highest BCUT2D eigenvalue weighted by atomic mass is 16.5. The standard InChI is InChI=1S/C11H16O2/c1-7(12)13-10-8-5-4-6-9(8)11(10,2)3/h4,6,8-10H,5H2,1-3H3/t8-,9+,10+/m1/s1. The van der Waals surface area contributed by atoms with Gasteiger partial charge in [-0.05, 0) is 12.3 Å². The summed E-state index contributed by atoms with van der Waals surface area (Å²) in [6, 6.07) is 0. The first-order valence-corrected chi connectivity index (χ1v) is 4.87. The predicted octanol–water partition coefficient (Wildman–Crippen LogP) is 2.15. The molecular weight excluding hydrogens is 164 g/mol. The van der Waals surface area contributed by atoms with Crippen LogP contribution >= 0.6 is 0 Å². The van der Waals surface area contributed by atoms with E-state index in [1.807, 2.05) is 0 Å². The van der Waals surface area contributed by atoms with Crippen molar-refractivity contribution < 1.29 is 9.53 Å². The molecule has 0 aliphatic heterocycles. The van der Waals surface area contributed by atoms with E-state index in [-0.39, 0.29) is 17.5 Å². The minimum absolute atomic E-state index is 0.130. The number of rotatable bonds is 1. The van der Waals surface area contributed by atoms with Gasteiger partial charge in [0, 0.05) is 18.3 Å². The van der Waals surface area contributed by atoms with E-state index in [0.29, 0.717) is 11.8 Å². The SMILES string of the molecule is CC(=O)O[C@H]1[C@@H]2CC=C[C@@H]2C1(C)C. The first-order valence-electron chi connectivity index (χ1n) is 4.87. The van der Waals surface area contributed by atoms with E-state index in [1.54, 1.807) is 0 Å². The molecular formula is C11H16O2. The van der Waals surface area contributed by atoms with Crippen molar-refractivity contribution in [1.29, 1.82) is 0 Å². The lowest BCUT2D eigenvalue weighted by Gasteiger charge is -2.54. The summed E-state index contributed by atoms with van der Waals surface area (Å²) in [5.74, 6) is 1.03. The van der Waals surface area contributed by atoms with Gasteiger partial charge < -0.3 is 4.74 Å². The molecule has 2 aliphatic carbocycles. The Bertz CT molecular complexity index is 265. The maximum Gasteiger partial charge on any atom is 0.302 e. The zero-order valence-corrected chi connectivity index (χ0v) is 8.41. The van der Waals surface area contributed by atoms with Gasteiger partial charge in [0.15, 0.2) is 0 Å². The van der Waals surface area contributed by atoms with Crippen molar-refractivity contribution in [2.45, 2.75) is 33.3 Å². The summed E-state index contributed by atoms with van der Waals surface area (Å²) in [7, 11) is 0. The second kappa shape index (κ2) is 2.60. The molecule has 0 N–H and O–H groups in total. The fraction of sp³-hybridized carbons (Fsp3) is 0.727. The second-order valence-electron chi connectivity index (χ2n) is 4.70. The Morgan fingerprint density at radius 2 is 2.23 bits per heavy atom. The van der Waals surface area contributed by atoms with E-state index in [1.165, 1.54) is 6.92 Å². The van der Waals surface area contributed by atoms with Crippen molar-refractivity contribution in [3.05, 3.63) is 12.2 Å². The molecule has 3 atom stereocenters. The summed E-state index contributed by atoms with van der Waals surface area (Å²) in [5, 5.41) is 0. The molecule has 0 aromatic heterocycles. The summed E-state index contributed by atoms with van der Waals surface area (Å²) in [5.41, 5.74) is 0.142. The topological polar surface area (TPSA) is 26.3 Å². The van der Waals surface area contributed by atoms with Crippen molar-refractivity contribution in [3.63, 3.8) is 0 Å². The first kappa shape index (κ1) is 8.79. The van der Waals surface area contributed by atoms with Gasteiger partial charge in [-0.2, -0.15) is 0 Å². The number of fused-ring (bicyclic) bond motifs is 1. The predicted molar refractivity (Wildman–Crippen MR) is 50.1 cm³/mol. The van der Waals surface area contributed by atoms with Gasteiger partial charge in [-0.3, -0.25) is 4.79 Å². The summed E-state index contributed by atoms with van der Waals surface area (Å²) < 4.78 is 5.34. The quantitative estimate of drug-likeness (QED) is 0.456. The van der Waals surface area contributed by atoms with Gasteiger partial charge in [0.1, 0.15) is 6.10 Å². The molecule has 13 heavy (non-hydrogen) atoms. The van der Waals surface area contributed by atoms with E-state index >= 15 is 0 Å². The van der Waals surface area contributed by atoms with Gasteiger partial charge in [-0.1, -0.05) is 26.0 Å². The maximum atomic E-state index is 10.9. The summed E-state index contributed by atoms with van der Waals surface area (Å²) in [6.07, 6.45) is 5.68. The lowest BCUT2D eigenvalue weighted by Crippen LogP contribution is -2.57. The van der Waals surface area contributed by atoms with Gasteiger partial charge in [0.2, 0.25) is 0 Å². The highest BCUT2D eigenvalue weighted by molar-refractivity contribution is 5.66. The molecule has 0 bridgehead atoms. The largest absolute Gasteiger partial charge is 0.462 e. The number of ether oxygens (including phenoxy) is 1. The molecule has 0 aromatic rings. The minimum atomic E-state index is -0.150. The van der Waals surface area contributed by atoms with Gasteiger partial charge >= 0.3 is 5.97 Å². The molecule has 72 valence electrons. The van der Waals surface area contributed by atoms with Crippen LogP contribution < -0.4 is 0 Å². The monoisotopic (exact) mass is 180 g/mol. The fourth-order valence-electron chi connectivity index (χ4n) is 2.82. The normalized spacial score (nSPS) is 39.5. The molecule has 0 aromatic carbocycles. The van der Waals surface area contributed by atoms with Gasteiger partial charge in [-0.15, -0.1) is 0 Å². The van der Waals surface area contributed by atoms with E-state index in [2.05, 4.69) is 26.0 Å². The van der Waals surface area contributed by atoms with Gasteiger partial charge in [0.05, 0.1) is 0 Å². The number of esters is 1. The first-order chi connectivity index (χ1) is 6.03. The third-order valence-electron chi connectivity index (χ3n) is 3.49. The minimum Gasteiger partial charge on any atom is -0.462 e. The van der Waals surface area contributed by atoms with Crippen molar-refractivity contribution >= 4 is 5.97 Å². The molecule has 0 saturated heterocycles. The average molecular weight is 180 g/mol. The molecule has 0 amide bonds. The van der Waals surface area contributed by atoms with Gasteiger partial charge in [0.25, 0.3) is 0 Å². The second-order valence-corrected chi connectivity index (χ2v) is 4.70. The molecule has 0 heterocycles. The molecule has 0 unspecified atom stereocenters. The zero-order valence-electron chi connectivity index (χ0n) is 8.41. The van der Waals surface area contributed by atoms with Crippen LogP contribution in [0.3, 0.4) is 0 Å². The fourth-order valence-corrected chi connectivity index (χ4v) is 2.82. The molecule has 0 radical (unpaired) electrons. The summed E-state index contributed by atoms with van der Waals surface area (Å²) >= 11 is 0. The van der Waals surface area contributed by atoms with Crippen LogP contribution in [-0.2, 0) is 9.53 Å². The highest BCUT2D eigenvalue weighted by Gasteiger charge is 2.58. The van der Waals surface area contributed by atoms with E-state index in [9.17, 15) is 4.79 Å². The maximum absolute atomic E-state index is 10.9. The van der Waals surface area contributed by atoms with Crippen molar-refractivity contribution in [3.8, 4) is 0 Å². The molecule has 0 spiro atoms. The molecule has 2 rings (SSSR count). The molecule has 2 aliphatic rings. The Morgan fingerprint density at radius 1 is 1.54 bits per heavy atom. The smallest absolute Gasteiger partial charge is 0.302 e. The van der Waals surface area contributed by atoms with Crippen LogP contribution in [0.1, 0.15) is 27.2 Å². The zero-order chi connectivity index (χ0) is 9.64. The Labute approximate surface area is 79.0 Å². The molecule has 1 fully saturated rings. The van der Waals surface area contributed by atoms with Crippen LogP contribution in [0.4, 0.5) is 0 Å². The van der Waals surface area contributed by atoms with E-state index < -0.39 is 0 Å². The Morgan fingerprint density at radius 3 is 2.85 bits per heavy atom. The molecule has 1 saturated carbocycles. The van der Waals surface area contributed by atoms with Crippen molar-refractivity contribution in [2.24, 2.45) is 17.3 Å². The lowest BCUT2D eigenvalue weighted by atomic mass is 9.54. The average Bonchev–Trinajstić information content (AvgIpc) is 2.45. The number of hydrogen-bond donors (Lipinski definition) is 0. The van der Waals surface area contributed by atoms with Crippen LogP contribution in [0.2, 0.25) is 0 Å². The Kier molecular flexibility index (Phi) is 1.76. The van der Waals surface area contributed by atoms with E-state index in [4.69, 9.17) is 4.74 Å². The number of hydrogen-bond acceptors (Lipinski definition) is 2.